The third-order valence-corrected chi connectivity index (χ3v) is 6.03. The average Bonchev–Trinajstić information content (AvgIpc) is 3.30. The van der Waals surface area contributed by atoms with E-state index in [0.717, 1.165) is 33.8 Å². The molecule has 36 heavy (non-hydrogen) atoms. The van der Waals surface area contributed by atoms with Crippen LogP contribution in [0.25, 0.3) is 6.08 Å². The summed E-state index contributed by atoms with van der Waals surface area (Å²) >= 11 is 12.2. The molecule has 1 N–H and O–H groups in total. The van der Waals surface area contributed by atoms with Crippen molar-refractivity contribution in [3.05, 3.63) is 111 Å². The maximum absolute atomic E-state index is 12.5. The van der Waals surface area contributed by atoms with Crippen LogP contribution in [0.3, 0.4) is 0 Å². The molecule has 3 aromatic carbocycles. The van der Waals surface area contributed by atoms with E-state index in [1.807, 2.05) is 55.5 Å². The Bertz CT molecular complexity index is 1400. The summed E-state index contributed by atoms with van der Waals surface area (Å²) in [5.74, 6) is 1.68. The molecule has 0 radical (unpaired) electrons. The number of hydrogen-bond acceptors (Lipinski definition) is 4. The van der Waals surface area contributed by atoms with Gasteiger partial charge in [-0.2, -0.15) is 5.10 Å². The molecule has 0 unspecified atom stereocenters. The Morgan fingerprint density at radius 2 is 1.86 bits per heavy atom. The second-order valence-electron chi connectivity index (χ2n) is 8.08. The van der Waals surface area contributed by atoms with Gasteiger partial charge in [-0.1, -0.05) is 53.5 Å². The van der Waals surface area contributed by atoms with Crippen LogP contribution in [0.4, 0.5) is 5.82 Å². The number of amides is 1. The fraction of sp³-hybridized carbons (Fsp3) is 0.143. The molecular weight excluding hydrogens is 497 g/mol. The quantitative estimate of drug-likeness (QED) is 0.246. The topological polar surface area (TPSA) is 65.4 Å². The normalized spacial score (nSPS) is 11.0. The Hall–Kier alpha value is -3.74. The first-order chi connectivity index (χ1) is 17.4. The van der Waals surface area contributed by atoms with Crippen molar-refractivity contribution >= 4 is 41.0 Å². The van der Waals surface area contributed by atoms with Crippen LogP contribution in [0.15, 0.2) is 79.0 Å². The van der Waals surface area contributed by atoms with Crippen LogP contribution in [0, 0.1) is 6.92 Å². The number of rotatable bonds is 9. The number of methoxy groups -OCH3 is 1. The molecule has 1 aromatic heterocycles. The molecule has 1 amide bonds. The first-order valence-electron chi connectivity index (χ1n) is 11.2. The minimum atomic E-state index is -0.293. The van der Waals surface area contributed by atoms with E-state index in [2.05, 4.69) is 10.4 Å². The molecule has 184 valence electrons. The van der Waals surface area contributed by atoms with Gasteiger partial charge in [0.05, 0.1) is 13.7 Å². The van der Waals surface area contributed by atoms with Crippen LogP contribution in [-0.2, 0) is 17.9 Å². The maximum Gasteiger partial charge on any atom is 0.249 e. The first-order valence-corrected chi connectivity index (χ1v) is 12.0. The number of hydrogen-bond donors (Lipinski definition) is 1. The summed E-state index contributed by atoms with van der Waals surface area (Å²) in [5.41, 5.74) is 3.66. The minimum absolute atomic E-state index is 0.293. The molecule has 0 saturated carbocycles. The largest absolute Gasteiger partial charge is 0.496 e. The number of anilines is 1. The van der Waals surface area contributed by atoms with Crippen molar-refractivity contribution in [3.8, 4) is 11.5 Å². The van der Waals surface area contributed by atoms with Gasteiger partial charge >= 0.3 is 0 Å². The highest BCUT2D eigenvalue weighted by atomic mass is 35.5. The average molecular weight is 522 g/mol. The highest BCUT2D eigenvalue weighted by molar-refractivity contribution is 6.35. The summed E-state index contributed by atoms with van der Waals surface area (Å²) in [4.78, 5) is 12.5. The van der Waals surface area contributed by atoms with Crippen molar-refractivity contribution in [2.45, 2.75) is 20.1 Å². The number of benzene rings is 3. The summed E-state index contributed by atoms with van der Waals surface area (Å²) in [6, 6.07) is 20.6. The Morgan fingerprint density at radius 3 is 2.64 bits per heavy atom. The van der Waals surface area contributed by atoms with Crippen molar-refractivity contribution in [3.63, 3.8) is 0 Å². The molecule has 8 heteroatoms. The van der Waals surface area contributed by atoms with E-state index in [0.29, 0.717) is 29.0 Å². The predicted molar refractivity (Wildman–Crippen MR) is 144 cm³/mol. The lowest BCUT2D eigenvalue weighted by molar-refractivity contribution is -0.111. The number of nitrogens with one attached hydrogen (secondary N) is 1. The van der Waals surface area contributed by atoms with Gasteiger partial charge < -0.3 is 14.8 Å². The summed E-state index contributed by atoms with van der Waals surface area (Å²) in [7, 11) is 1.62. The van der Waals surface area contributed by atoms with Crippen LogP contribution in [0.5, 0.6) is 11.5 Å². The Morgan fingerprint density at radius 1 is 1.03 bits per heavy atom. The molecular formula is C28H25Cl2N3O3. The lowest BCUT2D eigenvalue weighted by Crippen LogP contribution is -2.09. The Kier molecular flexibility index (Phi) is 8.31. The van der Waals surface area contributed by atoms with Crippen LogP contribution in [0.2, 0.25) is 10.0 Å². The van der Waals surface area contributed by atoms with Crippen molar-refractivity contribution in [2.75, 3.05) is 12.4 Å². The van der Waals surface area contributed by atoms with E-state index < -0.39 is 0 Å². The van der Waals surface area contributed by atoms with Crippen molar-refractivity contribution < 1.29 is 14.3 Å². The third kappa shape index (κ3) is 6.68. The molecule has 0 atom stereocenters. The number of para-hydroxylation sites is 1. The van der Waals surface area contributed by atoms with Gasteiger partial charge in [-0.3, -0.25) is 9.48 Å². The van der Waals surface area contributed by atoms with Gasteiger partial charge in [0.25, 0.3) is 0 Å². The minimum Gasteiger partial charge on any atom is -0.496 e. The Balaban J connectivity index is 1.38. The van der Waals surface area contributed by atoms with E-state index in [1.165, 1.54) is 6.08 Å². The highest BCUT2D eigenvalue weighted by Crippen LogP contribution is 2.25. The number of nitrogens with zero attached hydrogens (tertiary/aromatic N) is 2. The maximum atomic E-state index is 12.5. The number of aromatic nitrogens is 2. The van der Waals surface area contributed by atoms with E-state index in [-0.39, 0.29) is 5.91 Å². The zero-order chi connectivity index (χ0) is 25.5. The smallest absolute Gasteiger partial charge is 0.249 e. The van der Waals surface area contributed by atoms with Gasteiger partial charge in [0, 0.05) is 33.9 Å². The van der Waals surface area contributed by atoms with E-state index in [1.54, 1.807) is 42.3 Å². The predicted octanol–water partition coefficient (Wildman–Crippen LogP) is 6.79. The lowest BCUT2D eigenvalue weighted by atomic mass is 10.1. The van der Waals surface area contributed by atoms with Crippen LogP contribution in [0.1, 0.15) is 22.3 Å². The fourth-order valence-electron chi connectivity index (χ4n) is 3.57. The van der Waals surface area contributed by atoms with Gasteiger partial charge in [0.15, 0.2) is 5.82 Å². The molecule has 0 aliphatic heterocycles. The summed E-state index contributed by atoms with van der Waals surface area (Å²) in [6.07, 6.45) is 4.97. The van der Waals surface area contributed by atoms with E-state index in [9.17, 15) is 4.79 Å². The highest BCUT2D eigenvalue weighted by Gasteiger charge is 2.08. The van der Waals surface area contributed by atoms with Gasteiger partial charge in [-0.15, -0.1) is 0 Å². The van der Waals surface area contributed by atoms with Gasteiger partial charge in [0.1, 0.15) is 18.1 Å². The zero-order valence-corrected chi connectivity index (χ0v) is 21.4. The second kappa shape index (κ2) is 11.8. The van der Waals surface area contributed by atoms with E-state index >= 15 is 0 Å². The van der Waals surface area contributed by atoms with Crippen molar-refractivity contribution in [1.29, 1.82) is 0 Å². The number of carbonyl (C=O) groups is 1. The number of carbonyl (C=O) groups excluding carboxylic acids is 1. The molecule has 0 bridgehead atoms. The van der Waals surface area contributed by atoms with Gasteiger partial charge in [0.2, 0.25) is 5.91 Å². The third-order valence-electron chi connectivity index (χ3n) is 5.45. The summed E-state index contributed by atoms with van der Waals surface area (Å²) in [5, 5.41) is 8.30. The van der Waals surface area contributed by atoms with Gasteiger partial charge in [-0.05, 0) is 60.0 Å². The zero-order valence-electron chi connectivity index (χ0n) is 19.9. The molecule has 4 aromatic rings. The fourth-order valence-corrected chi connectivity index (χ4v) is 4.04. The molecule has 0 aliphatic carbocycles. The molecule has 6 nitrogen and oxygen atoms in total. The molecule has 0 aliphatic rings. The van der Waals surface area contributed by atoms with Crippen molar-refractivity contribution in [2.24, 2.45) is 0 Å². The summed E-state index contributed by atoms with van der Waals surface area (Å²) in [6.45, 7) is 2.80. The standard InChI is InChI=1S/C28H25Cl2N3O3/c1-19-5-3-4-6-25(19)36-18-22-15-20(7-11-26(22)35-2)8-12-28(34)31-27-13-14-33(32-27)17-21-9-10-23(29)16-24(21)30/h3-16H,17-18H2,1-2H3,(H,31,32,34)/b12-8+. The van der Waals surface area contributed by atoms with Gasteiger partial charge in [-0.25, -0.2) is 0 Å². The Labute approximate surface area is 220 Å². The molecule has 4 rings (SSSR count). The molecule has 0 fully saturated rings. The van der Waals surface area contributed by atoms with Crippen molar-refractivity contribution in [1.82, 2.24) is 9.78 Å². The lowest BCUT2D eigenvalue weighted by Gasteiger charge is -2.12. The molecule has 0 spiro atoms. The molecule has 0 saturated heterocycles. The van der Waals surface area contributed by atoms with Crippen LogP contribution in [-0.4, -0.2) is 22.8 Å². The number of aryl methyl sites for hydroxylation is 1. The number of halogens is 2. The number of ether oxygens (including phenoxy) is 2. The second-order valence-corrected chi connectivity index (χ2v) is 8.93. The summed E-state index contributed by atoms with van der Waals surface area (Å²) < 4.78 is 13.1. The van der Waals surface area contributed by atoms with Crippen LogP contribution >= 0.6 is 23.2 Å². The van der Waals surface area contributed by atoms with E-state index in [4.69, 9.17) is 32.7 Å². The molecule has 1 heterocycles. The monoisotopic (exact) mass is 521 g/mol. The van der Waals surface area contributed by atoms with Crippen LogP contribution < -0.4 is 14.8 Å². The SMILES string of the molecule is COc1ccc(/C=C/C(=O)Nc2ccn(Cc3ccc(Cl)cc3Cl)n2)cc1COc1ccccc1C. The first kappa shape index (κ1) is 25.4.